The average Bonchev–Trinajstić information content (AvgIpc) is 3.17. The Hall–Kier alpha value is -3.75. The zero-order chi connectivity index (χ0) is 19.1. The monoisotopic (exact) mass is 380 g/mol. The van der Waals surface area contributed by atoms with E-state index in [9.17, 15) is 8.78 Å². The van der Waals surface area contributed by atoms with Crippen molar-refractivity contribution >= 4 is 28.2 Å². The molecule has 0 fully saturated rings. The van der Waals surface area contributed by atoms with Crippen LogP contribution >= 0.6 is 0 Å². The van der Waals surface area contributed by atoms with Crippen LogP contribution in [0.25, 0.3) is 22.4 Å². The zero-order valence-corrected chi connectivity index (χ0v) is 14.5. The highest BCUT2D eigenvalue weighted by atomic mass is 19.1. The highest BCUT2D eigenvalue weighted by molar-refractivity contribution is 5.89. The number of halogens is 2. The van der Waals surface area contributed by atoms with Gasteiger partial charge in [-0.05, 0) is 30.3 Å². The third-order valence-electron chi connectivity index (χ3n) is 4.40. The van der Waals surface area contributed by atoms with E-state index in [1.165, 1.54) is 24.4 Å². The molecule has 0 radical (unpaired) electrons. The van der Waals surface area contributed by atoms with Crippen molar-refractivity contribution in [2.24, 2.45) is 0 Å². The number of benzene rings is 2. The molecule has 0 aliphatic carbocycles. The first-order valence-corrected chi connectivity index (χ1v) is 8.62. The lowest BCUT2D eigenvalue weighted by Gasteiger charge is -2.20. The molecule has 0 bridgehead atoms. The second-order valence-electron chi connectivity index (χ2n) is 6.23. The van der Waals surface area contributed by atoms with E-state index in [0.29, 0.717) is 30.0 Å². The maximum atomic E-state index is 14.2. The third kappa shape index (κ3) is 2.77. The largest absolute Gasteiger partial charge is 0.490 e. The average molecular weight is 380 g/mol. The summed E-state index contributed by atoms with van der Waals surface area (Å²) in [6.07, 6.45) is 1.48. The maximum absolute atomic E-state index is 14.2. The van der Waals surface area contributed by atoms with Crippen LogP contribution in [0.1, 0.15) is 0 Å². The number of nitrogens with one attached hydrogen (secondary N) is 3. The highest BCUT2D eigenvalue weighted by Gasteiger charge is 2.18. The van der Waals surface area contributed by atoms with Crippen molar-refractivity contribution < 1.29 is 13.5 Å². The number of fused-ring (bicyclic) bond motifs is 2. The first kappa shape index (κ1) is 16.4. The van der Waals surface area contributed by atoms with Gasteiger partial charge in [0.15, 0.2) is 11.6 Å². The van der Waals surface area contributed by atoms with Gasteiger partial charge >= 0.3 is 0 Å². The highest BCUT2D eigenvalue weighted by Crippen LogP contribution is 2.33. The summed E-state index contributed by atoms with van der Waals surface area (Å²) in [6.45, 7) is 1.32. The van der Waals surface area contributed by atoms with Gasteiger partial charge in [0.25, 0.3) is 0 Å². The first-order valence-electron chi connectivity index (χ1n) is 8.62. The Morgan fingerprint density at radius 3 is 2.79 bits per heavy atom. The number of hydrogen-bond donors (Lipinski definition) is 3. The Morgan fingerprint density at radius 1 is 1.07 bits per heavy atom. The van der Waals surface area contributed by atoms with Gasteiger partial charge in [-0.1, -0.05) is 6.07 Å². The molecule has 0 saturated carbocycles. The van der Waals surface area contributed by atoms with Crippen molar-refractivity contribution in [3.63, 3.8) is 0 Å². The number of aromatic nitrogens is 4. The second-order valence-corrected chi connectivity index (χ2v) is 6.23. The predicted octanol–water partition coefficient (Wildman–Crippen LogP) is 3.85. The summed E-state index contributed by atoms with van der Waals surface area (Å²) in [4.78, 5) is 8.59. The number of hydrogen-bond acceptors (Lipinski definition) is 6. The summed E-state index contributed by atoms with van der Waals surface area (Å²) in [6, 6.07) is 9.19. The maximum Gasteiger partial charge on any atom is 0.168 e. The molecule has 3 N–H and O–H groups in total. The molecule has 2 aromatic carbocycles. The first-order chi connectivity index (χ1) is 13.7. The fourth-order valence-corrected chi connectivity index (χ4v) is 3.11. The molecular formula is C19H14F2N6O. The molecule has 0 atom stereocenters. The van der Waals surface area contributed by atoms with Crippen molar-refractivity contribution in [3.8, 4) is 17.1 Å². The molecular weight excluding hydrogens is 366 g/mol. The Labute approximate surface area is 157 Å². The third-order valence-corrected chi connectivity index (χ3v) is 4.40. The molecule has 2 aromatic heterocycles. The van der Waals surface area contributed by atoms with Crippen molar-refractivity contribution in [1.82, 2.24) is 20.2 Å². The van der Waals surface area contributed by atoms with Crippen LogP contribution in [0.2, 0.25) is 0 Å². The van der Waals surface area contributed by atoms with Crippen molar-refractivity contribution in [2.45, 2.75) is 0 Å². The molecule has 9 heteroatoms. The van der Waals surface area contributed by atoms with Crippen LogP contribution in [-0.4, -0.2) is 33.3 Å². The van der Waals surface area contributed by atoms with Gasteiger partial charge in [0.05, 0.1) is 17.4 Å². The summed E-state index contributed by atoms with van der Waals surface area (Å²) < 4.78 is 34.0. The number of H-pyrrole nitrogens is 1. The Kier molecular flexibility index (Phi) is 3.78. The normalized spacial score (nSPS) is 12.9. The van der Waals surface area contributed by atoms with Gasteiger partial charge in [0.1, 0.15) is 35.0 Å². The molecule has 0 saturated heterocycles. The molecule has 7 nitrogen and oxygen atoms in total. The molecule has 5 rings (SSSR count). The molecule has 0 spiro atoms. The van der Waals surface area contributed by atoms with E-state index in [1.54, 1.807) is 0 Å². The second kappa shape index (κ2) is 6.45. The minimum Gasteiger partial charge on any atom is -0.490 e. The Morgan fingerprint density at radius 2 is 1.93 bits per heavy atom. The summed E-state index contributed by atoms with van der Waals surface area (Å²) in [7, 11) is 0. The Bertz CT molecular complexity index is 1170. The zero-order valence-electron chi connectivity index (χ0n) is 14.5. The minimum atomic E-state index is -0.732. The van der Waals surface area contributed by atoms with Crippen LogP contribution in [-0.2, 0) is 0 Å². The minimum absolute atomic E-state index is 0.0635. The van der Waals surface area contributed by atoms with E-state index in [0.717, 1.165) is 17.1 Å². The van der Waals surface area contributed by atoms with Gasteiger partial charge < -0.3 is 15.4 Å². The summed E-state index contributed by atoms with van der Waals surface area (Å²) in [5, 5.41) is 13.2. The van der Waals surface area contributed by atoms with E-state index >= 15 is 0 Å². The van der Waals surface area contributed by atoms with Crippen molar-refractivity contribution in [1.29, 1.82) is 0 Å². The molecule has 1 aliphatic heterocycles. The van der Waals surface area contributed by atoms with Gasteiger partial charge in [0.2, 0.25) is 0 Å². The van der Waals surface area contributed by atoms with Crippen LogP contribution in [0.15, 0.2) is 42.6 Å². The lowest BCUT2D eigenvalue weighted by Crippen LogP contribution is -2.17. The predicted molar refractivity (Wildman–Crippen MR) is 101 cm³/mol. The van der Waals surface area contributed by atoms with Crippen LogP contribution in [0.3, 0.4) is 0 Å². The van der Waals surface area contributed by atoms with E-state index in [-0.39, 0.29) is 11.4 Å². The fourth-order valence-electron chi connectivity index (χ4n) is 3.11. The van der Waals surface area contributed by atoms with Gasteiger partial charge in [0, 0.05) is 12.2 Å². The van der Waals surface area contributed by atoms with Crippen LogP contribution in [0, 0.1) is 11.6 Å². The molecule has 1 aliphatic rings. The van der Waals surface area contributed by atoms with E-state index in [2.05, 4.69) is 30.8 Å². The Balaban J connectivity index is 1.60. The van der Waals surface area contributed by atoms with Gasteiger partial charge in [-0.2, -0.15) is 5.10 Å². The van der Waals surface area contributed by atoms with Crippen molar-refractivity contribution in [2.75, 3.05) is 23.8 Å². The number of aromatic amines is 1. The quantitative estimate of drug-likeness (QED) is 0.500. The smallest absolute Gasteiger partial charge is 0.168 e. The van der Waals surface area contributed by atoms with Crippen LogP contribution < -0.4 is 15.4 Å². The molecule has 4 aromatic rings. The molecule has 0 amide bonds. The lowest BCUT2D eigenvalue weighted by atomic mass is 10.2. The summed E-state index contributed by atoms with van der Waals surface area (Å²) >= 11 is 0. The fraction of sp³-hybridized carbons (Fsp3) is 0.105. The van der Waals surface area contributed by atoms with Crippen molar-refractivity contribution in [3.05, 3.63) is 54.2 Å². The van der Waals surface area contributed by atoms with Gasteiger partial charge in [-0.3, -0.25) is 5.10 Å². The molecule has 3 heterocycles. The van der Waals surface area contributed by atoms with Gasteiger partial charge in [-0.25, -0.2) is 18.7 Å². The topological polar surface area (TPSA) is 87.8 Å². The summed E-state index contributed by atoms with van der Waals surface area (Å²) in [5.41, 5.74) is 2.27. The van der Waals surface area contributed by atoms with E-state index < -0.39 is 11.6 Å². The molecule has 140 valence electrons. The standard InChI is InChI=1S/C19H14F2N6O/c20-11-2-1-3-12(21)16(11)18-25-14-9-23-27-17(14)19(26-18)24-10-4-5-15-13(8-10)22-6-7-28-15/h1-5,8-9,22H,6-7H2,(H,23,27)(H,24,25,26). The number of rotatable bonds is 3. The number of anilines is 3. The SMILES string of the molecule is Fc1cccc(F)c1-c1nc(Nc2ccc3c(c2)NCCO3)c2[nH]ncc2n1. The number of nitrogens with zero attached hydrogens (tertiary/aromatic N) is 3. The van der Waals surface area contributed by atoms with Gasteiger partial charge in [-0.15, -0.1) is 0 Å². The van der Waals surface area contributed by atoms with E-state index in [1.807, 2.05) is 18.2 Å². The van der Waals surface area contributed by atoms with Crippen LogP contribution in [0.4, 0.5) is 26.0 Å². The van der Waals surface area contributed by atoms with E-state index in [4.69, 9.17) is 4.74 Å². The molecule has 0 unspecified atom stereocenters. The lowest BCUT2D eigenvalue weighted by molar-refractivity contribution is 0.323. The number of ether oxygens (including phenoxy) is 1. The molecule has 28 heavy (non-hydrogen) atoms. The van der Waals surface area contributed by atoms with Crippen LogP contribution in [0.5, 0.6) is 5.75 Å². The summed E-state index contributed by atoms with van der Waals surface area (Å²) in [5.74, 6) is -0.406.